The molecule has 0 atom stereocenters. The van der Waals surface area contributed by atoms with Gasteiger partial charge >= 0.3 is 12.4 Å². The molecule has 6 N–H and O–H groups in total. The Bertz CT molecular complexity index is 1760. The van der Waals surface area contributed by atoms with Crippen molar-refractivity contribution in [3.63, 3.8) is 0 Å². The molecule has 43 heavy (non-hydrogen) atoms. The lowest BCUT2D eigenvalue weighted by Crippen LogP contribution is -2.16. The van der Waals surface area contributed by atoms with E-state index in [9.17, 15) is 51.6 Å². The highest BCUT2D eigenvalue weighted by molar-refractivity contribution is 7.89. The molecule has 0 aliphatic rings. The summed E-state index contributed by atoms with van der Waals surface area (Å²) in [7, 11) is -9.41. The Morgan fingerprint density at radius 1 is 0.628 bits per heavy atom. The van der Waals surface area contributed by atoms with Gasteiger partial charge in [0.25, 0.3) is 30.1 Å². The van der Waals surface area contributed by atoms with E-state index in [1.807, 2.05) is 13.8 Å². The van der Waals surface area contributed by atoms with Crippen molar-refractivity contribution in [2.24, 2.45) is 29.5 Å². The number of alkyl halides is 6. The van der Waals surface area contributed by atoms with Crippen molar-refractivity contribution in [2.75, 3.05) is 0 Å². The zero-order valence-corrected chi connectivity index (χ0v) is 25.7. The van der Waals surface area contributed by atoms with E-state index >= 15 is 0 Å². The van der Waals surface area contributed by atoms with Gasteiger partial charge in [0.2, 0.25) is 0 Å². The number of aromatic nitrogens is 6. The molecule has 24 heteroatoms. The van der Waals surface area contributed by atoms with Crippen molar-refractivity contribution in [3.05, 3.63) is 35.3 Å². The number of hydrogen-bond acceptors (Lipinski definition) is 9. The van der Waals surface area contributed by atoms with Gasteiger partial charge in [-0.25, -0.2) is 40.7 Å². The minimum absolute atomic E-state index is 0.0706. The molecule has 0 unspecified atom stereocenters. The molecular formula is C19H29F6N9O6S3. The highest BCUT2D eigenvalue weighted by atomic mass is 32.2. The first kappa shape index (κ1) is 38.0. The van der Waals surface area contributed by atoms with E-state index < -0.39 is 69.9 Å². The minimum atomic E-state index is -4.67. The lowest BCUT2D eigenvalue weighted by atomic mass is 10.1. The van der Waals surface area contributed by atoms with Crippen molar-refractivity contribution in [1.82, 2.24) is 29.3 Å². The molecule has 0 aliphatic heterocycles. The Morgan fingerprint density at radius 3 is 1.21 bits per heavy atom. The molecular weight excluding hydrogens is 660 g/mol. The Hall–Kier alpha value is -3.06. The van der Waals surface area contributed by atoms with Crippen molar-refractivity contribution in [1.29, 1.82) is 0 Å². The third-order valence-corrected chi connectivity index (χ3v) is 7.35. The number of nitrogens with two attached hydrogens (primary N) is 3. The first-order valence-electron chi connectivity index (χ1n) is 11.4. The summed E-state index contributed by atoms with van der Waals surface area (Å²) in [5.41, 5.74) is -1.45. The fourth-order valence-electron chi connectivity index (χ4n) is 3.10. The van der Waals surface area contributed by atoms with Crippen molar-refractivity contribution in [2.45, 2.75) is 67.1 Å². The quantitative estimate of drug-likeness (QED) is 0.328. The fourth-order valence-corrected chi connectivity index (χ4v) is 4.61. The third kappa shape index (κ3) is 10.6. The summed E-state index contributed by atoms with van der Waals surface area (Å²) in [6.07, 6.45) is -9.31. The van der Waals surface area contributed by atoms with Gasteiger partial charge in [0.15, 0.2) is 15.1 Å². The van der Waals surface area contributed by atoms with Crippen LogP contribution in [-0.4, -0.2) is 54.6 Å². The zero-order chi connectivity index (χ0) is 34.1. The molecule has 0 radical (unpaired) electrons. The molecule has 0 amide bonds. The Balaban J connectivity index is 0.000000324. The molecule has 3 aromatic rings. The SMILES string of the molecule is CC(C)c1cc(S(N)(=O)=O)nn1C.CC(C)n1nc(S(N)(=O)=O)cc1C(F)(F)F.Cn1nc(S(N)(=O)=O)cc1C(F)(F)F. The van der Waals surface area contributed by atoms with Gasteiger partial charge in [0.1, 0.15) is 11.4 Å². The summed E-state index contributed by atoms with van der Waals surface area (Å²) in [6, 6.07) is 1.69. The zero-order valence-electron chi connectivity index (χ0n) is 23.2. The second-order valence-electron chi connectivity index (χ2n) is 9.21. The fraction of sp³-hybridized carbons (Fsp3) is 0.526. The summed E-state index contributed by atoms with van der Waals surface area (Å²) in [5, 5.41) is 22.9. The molecule has 246 valence electrons. The highest BCUT2D eigenvalue weighted by Gasteiger charge is 2.38. The summed E-state index contributed by atoms with van der Waals surface area (Å²) in [6.45, 7) is 6.83. The number of primary sulfonamides is 3. The lowest BCUT2D eigenvalue weighted by molar-refractivity contribution is -0.145. The van der Waals surface area contributed by atoms with Crippen LogP contribution in [0.2, 0.25) is 0 Å². The number of nitrogens with zero attached hydrogens (tertiary/aromatic N) is 6. The van der Waals surface area contributed by atoms with Gasteiger partial charge in [-0.05, 0) is 19.8 Å². The van der Waals surface area contributed by atoms with Crippen LogP contribution in [0.3, 0.4) is 0 Å². The van der Waals surface area contributed by atoms with Crippen LogP contribution in [0, 0.1) is 0 Å². The third-order valence-electron chi connectivity index (χ3n) is 5.00. The summed E-state index contributed by atoms with van der Waals surface area (Å²) in [4.78, 5) is 0. The highest BCUT2D eigenvalue weighted by Crippen LogP contribution is 2.32. The number of halogens is 6. The van der Waals surface area contributed by atoms with Crippen LogP contribution in [0.15, 0.2) is 33.3 Å². The second kappa shape index (κ2) is 12.9. The van der Waals surface area contributed by atoms with E-state index in [1.54, 1.807) is 7.05 Å². The monoisotopic (exact) mass is 689 g/mol. The maximum Gasteiger partial charge on any atom is 0.433 e. The molecule has 0 saturated heterocycles. The molecule has 3 rings (SSSR count). The van der Waals surface area contributed by atoms with E-state index in [4.69, 9.17) is 10.3 Å². The van der Waals surface area contributed by atoms with Gasteiger partial charge in [-0.2, -0.15) is 41.6 Å². The van der Waals surface area contributed by atoms with Gasteiger partial charge in [-0.3, -0.25) is 14.0 Å². The van der Waals surface area contributed by atoms with Crippen LogP contribution < -0.4 is 15.4 Å². The maximum atomic E-state index is 12.5. The summed E-state index contributed by atoms with van der Waals surface area (Å²) in [5.74, 6) is 0.230. The van der Waals surface area contributed by atoms with Crippen LogP contribution in [-0.2, 0) is 56.5 Å². The van der Waals surface area contributed by atoms with E-state index in [0.29, 0.717) is 21.5 Å². The summed E-state index contributed by atoms with van der Waals surface area (Å²) >= 11 is 0. The van der Waals surface area contributed by atoms with Crippen LogP contribution >= 0.6 is 0 Å². The van der Waals surface area contributed by atoms with Crippen LogP contribution in [0.1, 0.15) is 56.7 Å². The van der Waals surface area contributed by atoms with E-state index in [2.05, 4.69) is 20.4 Å². The molecule has 0 aromatic carbocycles. The van der Waals surface area contributed by atoms with Gasteiger partial charge in [-0.1, -0.05) is 13.8 Å². The predicted octanol–water partition coefficient (Wildman–Crippen LogP) is 1.41. The molecule has 0 aliphatic carbocycles. The van der Waals surface area contributed by atoms with Gasteiger partial charge in [0, 0.05) is 44.0 Å². The second-order valence-corrected chi connectivity index (χ2v) is 13.7. The molecule has 0 saturated carbocycles. The van der Waals surface area contributed by atoms with E-state index in [1.165, 1.54) is 24.6 Å². The van der Waals surface area contributed by atoms with Crippen molar-refractivity contribution >= 4 is 30.1 Å². The summed E-state index contributed by atoms with van der Waals surface area (Å²) < 4.78 is 141. The lowest BCUT2D eigenvalue weighted by Gasteiger charge is -2.12. The van der Waals surface area contributed by atoms with Crippen LogP contribution in [0.25, 0.3) is 0 Å². The Kier molecular flexibility index (Phi) is 11.4. The topological polar surface area (TPSA) is 234 Å². The molecule has 0 fully saturated rings. The number of aryl methyl sites for hydroxylation is 2. The normalized spacial score (nSPS) is 13.0. The standard InChI is InChI=1S/C7H10F3N3O2S.C7H13N3O2S.C5H6F3N3O2S/c1-4(2)13-5(7(8,9)10)3-6(12-13)16(11,14)15;1-5(2)6-4-7(9-10(6)3)13(8,11)12;1-11-3(5(6,7)8)2-4(10-11)14(9,12)13/h3-4H,1-2H3,(H2,11,14,15);4-5H,1-3H3,(H2,8,11,12);2H,1H3,(H2,9,12,13). The Morgan fingerprint density at radius 2 is 0.977 bits per heavy atom. The van der Waals surface area contributed by atoms with Crippen molar-refractivity contribution in [3.8, 4) is 0 Å². The van der Waals surface area contributed by atoms with Gasteiger partial charge in [0.05, 0.1) is 0 Å². The number of rotatable bonds is 5. The molecule has 3 heterocycles. The predicted molar refractivity (Wildman–Crippen MR) is 137 cm³/mol. The maximum absolute atomic E-state index is 12.5. The molecule has 0 spiro atoms. The first-order chi connectivity index (χ1) is 19.0. The number of hydrogen-bond donors (Lipinski definition) is 3. The molecule has 0 bridgehead atoms. The smallest absolute Gasteiger partial charge is 0.271 e. The number of sulfonamides is 3. The van der Waals surface area contributed by atoms with Gasteiger partial charge in [-0.15, -0.1) is 0 Å². The van der Waals surface area contributed by atoms with Crippen molar-refractivity contribution < 1.29 is 51.6 Å². The first-order valence-corrected chi connectivity index (χ1v) is 16.0. The minimum Gasteiger partial charge on any atom is -0.271 e. The van der Waals surface area contributed by atoms with Crippen LogP contribution in [0.5, 0.6) is 0 Å². The van der Waals surface area contributed by atoms with Gasteiger partial charge < -0.3 is 0 Å². The Labute approximate surface area is 242 Å². The molecule has 3 aromatic heterocycles. The van der Waals surface area contributed by atoms with E-state index in [0.717, 1.165) is 12.7 Å². The average molecular weight is 690 g/mol. The average Bonchev–Trinajstić information content (AvgIpc) is 3.48. The largest absolute Gasteiger partial charge is 0.433 e. The van der Waals surface area contributed by atoms with Crippen LogP contribution in [0.4, 0.5) is 26.3 Å². The molecule has 15 nitrogen and oxygen atoms in total. The van der Waals surface area contributed by atoms with E-state index in [-0.39, 0.29) is 10.9 Å².